The Morgan fingerprint density at radius 1 is 1.10 bits per heavy atom. The van der Waals surface area contributed by atoms with Gasteiger partial charge in [-0.1, -0.05) is 19.1 Å². The van der Waals surface area contributed by atoms with E-state index in [-0.39, 0.29) is 15.2 Å². The normalized spacial score (nSPS) is 15.7. The zero-order chi connectivity index (χ0) is 21.6. The highest BCUT2D eigenvalue weighted by molar-refractivity contribution is 7.91. The maximum absolute atomic E-state index is 15.0. The largest absolute Gasteiger partial charge is 0.369 e. The fourth-order valence-electron chi connectivity index (χ4n) is 4.05. The van der Waals surface area contributed by atoms with Crippen LogP contribution in [0.4, 0.5) is 10.1 Å². The number of rotatable bonds is 3. The van der Waals surface area contributed by atoms with Gasteiger partial charge in [-0.25, -0.2) is 12.8 Å². The molecule has 0 unspecified atom stereocenters. The van der Waals surface area contributed by atoms with E-state index in [9.17, 15) is 17.6 Å². The summed E-state index contributed by atoms with van der Waals surface area (Å²) in [5, 5.41) is 0.0675. The first-order valence-electron chi connectivity index (χ1n) is 10.1. The van der Waals surface area contributed by atoms with Crippen molar-refractivity contribution in [1.29, 1.82) is 0 Å². The molecule has 1 saturated heterocycles. The molecule has 1 aliphatic rings. The van der Waals surface area contributed by atoms with Gasteiger partial charge in [-0.2, -0.15) is 0 Å². The molecule has 1 aliphatic heterocycles. The number of piperidine rings is 1. The minimum Gasteiger partial charge on any atom is -0.369 e. The van der Waals surface area contributed by atoms with Crippen molar-refractivity contribution < 1.29 is 12.8 Å². The van der Waals surface area contributed by atoms with Gasteiger partial charge in [-0.15, -0.1) is 0 Å². The number of fused-ring (bicyclic) bond motifs is 1. The van der Waals surface area contributed by atoms with Gasteiger partial charge in [-0.3, -0.25) is 4.79 Å². The van der Waals surface area contributed by atoms with Crippen molar-refractivity contribution in [2.75, 3.05) is 18.0 Å². The van der Waals surface area contributed by atoms with Crippen LogP contribution < -0.4 is 10.3 Å². The Morgan fingerprint density at radius 2 is 1.80 bits per heavy atom. The molecule has 0 bridgehead atoms. The zero-order valence-electron chi connectivity index (χ0n) is 17.4. The molecular weight excluding hydrogens is 403 g/mol. The third-order valence-electron chi connectivity index (χ3n) is 5.94. The number of aromatic nitrogens is 1. The summed E-state index contributed by atoms with van der Waals surface area (Å²) in [5.74, 6) is 0.114. The lowest BCUT2D eigenvalue weighted by Crippen LogP contribution is -2.33. The first-order valence-corrected chi connectivity index (χ1v) is 11.6. The Morgan fingerprint density at radius 3 is 2.47 bits per heavy atom. The van der Waals surface area contributed by atoms with Crippen molar-refractivity contribution in [2.45, 2.75) is 36.5 Å². The Balaban J connectivity index is 1.87. The lowest BCUT2D eigenvalue weighted by molar-refractivity contribution is 0.434. The van der Waals surface area contributed by atoms with E-state index in [1.807, 2.05) is 4.90 Å². The standard InChI is InChI=1S/C23H25FN2O3S/c1-15-7-9-26(10-8-15)21-13-20-18(12-19(21)24)23(27)22(14-25(20)3)30(28,29)17-6-4-5-16(2)11-17/h4-6,11-15H,7-10H2,1-3H3. The van der Waals surface area contributed by atoms with E-state index >= 15 is 0 Å². The van der Waals surface area contributed by atoms with Crippen LogP contribution in [0, 0.1) is 18.7 Å². The molecule has 4 rings (SSSR count). The molecule has 2 aromatic carbocycles. The third kappa shape index (κ3) is 3.51. The van der Waals surface area contributed by atoms with Crippen LogP contribution in [0.1, 0.15) is 25.3 Å². The number of nitrogens with zero attached hydrogens (tertiary/aromatic N) is 2. The van der Waals surface area contributed by atoms with Gasteiger partial charge in [0.1, 0.15) is 10.7 Å². The van der Waals surface area contributed by atoms with E-state index in [1.165, 1.54) is 24.4 Å². The van der Waals surface area contributed by atoms with E-state index in [0.717, 1.165) is 31.5 Å². The van der Waals surface area contributed by atoms with Crippen LogP contribution in [0.25, 0.3) is 10.9 Å². The number of hydrogen-bond donors (Lipinski definition) is 0. The highest BCUT2D eigenvalue weighted by atomic mass is 32.2. The van der Waals surface area contributed by atoms with Crippen LogP contribution in [-0.2, 0) is 16.9 Å². The molecule has 2 heterocycles. The highest BCUT2D eigenvalue weighted by Crippen LogP contribution is 2.29. The van der Waals surface area contributed by atoms with Gasteiger partial charge in [-0.05, 0) is 55.5 Å². The van der Waals surface area contributed by atoms with Gasteiger partial charge in [0.15, 0.2) is 0 Å². The van der Waals surface area contributed by atoms with Crippen LogP contribution in [0.3, 0.4) is 0 Å². The molecule has 0 aliphatic carbocycles. The quantitative estimate of drug-likeness (QED) is 0.631. The van der Waals surface area contributed by atoms with Gasteiger partial charge in [0, 0.05) is 26.3 Å². The molecule has 1 fully saturated rings. The summed E-state index contributed by atoms with van der Waals surface area (Å²) in [7, 11) is -2.34. The second-order valence-electron chi connectivity index (χ2n) is 8.24. The maximum Gasteiger partial charge on any atom is 0.211 e. The van der Waals surface area contributed by atoms with Crippen molar-refractivity contribution in [3.63, 3.8) is 0 Å². The van der Waals surface area contributed by atoms with Gasteiger partial charge >= 0.3 is 0 Å². The molecule has 7 heteroatoms. The summed E-state index contributed by atoms with van der Waals surface area (Å²) in [5.41, 5.74) is 1.07. The van der Waals surface area contributed by atoms with Gasteiger partial charge in [0.05, 0.1) is 21.5 Å². The molecule has 5 nitrogen and oxygen atoms in total. The molecule has 3 aromatic rings. The SMILES string of the molecule is Cc1cccc(S(=O)(=O)c2cn(C)c3cc(N4CCC(C)CC4)c(F)cc3c2=O)c1. The molecule has 1 aromatic heterocycles. The molecule has 0 N–H and O–H groups in total. The molecule has 0 amide bonds. The summed E-state index contributed by atoms with van der Waals surface area (Å²) in [6, 6.07) is 9.26. The summed E-state index contributed by atoms with van der Waals surface area (Å²) in [6.45, 7) is 5.50. The maximum atomic E-state index is 15.0. The van der Waals surface area contributed by atoms with E-state index in [2.05, 4.69) is 6.92 Å². The lowest BCUT2D eigenvalue weighted by atomic mass is 9.98. The van der Waals surface area contributed by atoms with Crippen molar-refractivity contribution in [2.24, 2.45) is 13.0 Å². The van der Waals surface area contributed by atoms with Crippen LogP contribution >= 0.6 is 0 Å². The van der Waals surface area contributed by atoms with Crippen LogP contribution in [0.15, 0.2) is 57.2 Å². The third-order valence-corrected chi connectivity index (χ3v) is 7.68. The number of aryl methyl sites for hydroxylation is 2. The minimum absolute atomic E-state index is 0.0541. The van der Waals surface area contributed by atoms with Crippen LogP contribution in [0.2, 0.25) is 0 Å². The van der Waals surface area contributed by atoms with Gasteiger partial charge < -0.3 is 9.47 Å². The fraction of sp³-hybridized carbons (Fsp3) is 0.348. The molecule has 158 valence electrons. The molecule has 0 radical (unpaired) electrons. The predicted octanol–water partition coefficient (Wildman–Crippen LogP) is 4.06. The first kappa shape index (κ1) is 20.6. The van der Waals surface area contributed by atoms with E-state index in [4.69, 9.17) is 0 Å². The Bertz CT molecular complexity index is 1290. The smallest absolute Gasteiger partial charge is 0.211 e. The van der Waals surface area contributed by atoms with Gasteiger partial charge in [0.25, 0.3) is 0 Å². The molecular formula is C23H25FN2O3S. The minimum atomic E-state index is -4.02. The summed E-state index contributed by atoms with van der Waals surface area (Å²) in [6.07, 6.45) is 3.32. The number of anilines is 1. The van der Waals surface area contributed by atoms with E-state index < -0.39 is 21.1 Å². The van der Waals surface area contributed by atoms with Crippen molar-refractivity contribution in [1.82, 2.24) is 4.57 Å². The summed E-state index contributed by atoms with van der Waals surface area (Å²) < 4.78 is 42.8. The average Bonchev–Trinajstić information content (AvgIpc) is 2.71. The van der Waals surface area contributed by atoms with Crippen molar-refractivity contribution >= 4 is 26.4 Å². The molecule has 0 saturated carbocycles. The summed E-state index contributed by atoms with van der Waals surface area (Å²) >= 11 is 0. The van der Waals surface area contributed by atoms with Gasteiger partial charge in [0.2, 0.25) is 15.3 Å². The molecule has 0 atom stereocenters. The number of sulfone groups is 1. The van der Waals surface area contributed by atoms with E-state index in [1.54, 1.807) is 36.7 Å². The fourth-order valence-corrected chi connectivity index (χ4v) is 5.56. The second kappa shape index (κ2) is 7.54. The number of hydrogen-bond acceptors (Lipinski definition) is 4. The van der Waals surface area contributed by atoms with Crippen LogP contribution in [0.5, 0.6) is 0 Å². The Kier molecular flexibility index (Phi) is 5.18. The monoisotopic (exact) mass is 428 g/mol. The first-order chi connectivity index (χ1) is 14.2. The van der Waals surface area contributed by atoms with Crippen LogP contribution in [-0.4, -0.2) is 26.1 Å². The zero-order valence-corrected chi connectivity index (χ0v) is 18.2. The Hall–Kier alpha value is -2.67. The lowest BCUT2D eigenvalue weighted by Gasteiger charge is -2.32. The average molecular weight is 429 g/mol. The molecule has 0 spiro atoms. The Labute approximate surface area is 175 Å². The number of benzene rings is 2. The summed E-state index contributed by atoms with van der Waals surface area (Å²) in [4.78, 5) is 14.8. The topological polar surface area (TPSA) is 59.4 Å². The highest BCUT2D eigenvalue weighted by Gasteiger charge is 2.25. The predicted molar refractivity (Wildman–Crippen MR) is 116 cm³/mol. The van der Waals surface area contributed by atoms with E-state index in [0.29, 0.717) is 17.1 Å². The van der Waals surface area contributed by atoms with Crippen molar-refractivity contribution in [3.8, 4) is 0 Å². The number of pyridine rings is 1. The number of halogens is 1. The second-order valence-corrected chi connectivity index (χ2v) is 10.2. The van der Waals surface area contributed by atoms with Crippen molar-refractivity contribution in [3.05, 3.63) is 64.2 Å². The molecule has 30 heavy (non-hydrogen) atoms.